The topological polar surface area (TPSA) is 9.23 Å². The van der Waals surface area contributed by atoms with Crippen LogP contribution in [0.5, 0.6) is 5.75 Å². The predicted octanol–water partition coefficient (Wildman–Crippen LogP) is 9.55. The van der Waals surface area contributed by atoms with E-state index in [1.54, 1.807) is 51.2 Å². The van der Waals surface area contributed by atoms with Gasteiger partial charge in [0.05, 0.1) is 7.11 Å². The molecule has 0 radical (unpaired) electrons. The Morgan fingerprint density at radius 3 is 2.00 bits per heavy atom. The van der Waals surface area contributed by atoms with Crippen molar-refractivity contribution in [3.8, 4) is 5.75 Å². The Hall–Kier alpha value is -0.980. The van der Waals surface area contributed by atoms with Gasteiger partial charge in [-0.3, -0.25) is 0 Å². The number of fused-ring (bicyclic) bond motifs is 1. The molecule has 0 aromatic heterocycles. The minimum atomic E-state index is 0.788. The van der Waals surface area contributed by atoms with Crippen molar-refractivity contribution in [1.29, 1.82) is 0 Å². The first-order valence-electron chi connectivity index (χ1n) is 14.4. The highest BCUT2D eigenvalue weighted by Crippen LogP contribution is 2.49. The largest absolute Gasteiger partial charge is 0.497 e. The predicted molar refractivity (Wildman–Crippen MR) is 137 cm³/mol. The molecule has 1 heteroatoms. The van der Waals surface area contributed by atoms with Crippen LogP contribution in [-0.2, 0) is 0 Å². The minimum Gasteiger partial charge on any atom is -0.497 e. The Morgan fingerprint density at radius 2 is 1.28 bits per heavy atom. The van der Waals surface area contributed by atoms with Gasteiger partial charge in [0.1, 0.15) is 5.75 Å². The van der Waals surface area contributed by atoms with Crippen molar-refractivity contribution >= 4 is 0 Å². The lowest BCUT2D eigenvalue weighted by atomic mass is 9.63. The highest BCUT2D eigenvalue weighted by Gasteiger charge is 2.36. The van der Waals surface area contributed by atoms with Crippen LogP contribution in [0.4, 0.5) is 0 Å². The summed E-state index contributed by atoms with van der Waals surface area (Å²) in [4.78, 5) is 0. The molecule has 3 fully saturated rings. The Labute approximate surface area is 199 Å². The molecule has 3 aliphatic carbocycles. The van der Waals surface area contributed by atoms with E-state index in [2.05, 4.69) is 31.2 Å². The molecule has 0 saturated heterocycles. The number of benzene rings is 1. The zero-order valence-electron chi connectivity index (χ0n) is 21.2. The lowest BCUT2D eigenvalue weighted by Gasteiger charge is -2.43. The van der Waals surface area contributed by atoms with Gasteiger partial charge in [-0.2, -0.15) is 0 Å². The van der Waals surface area contributed by atoms with E-state index in [4.69, 9.17) is 4.74 Å². The molecule has 0 amide bonds. The molecule has 32 heavy (non-hydrogen) atoms. The highest BCUT2D eigenvalue weighted by molar-refractivity contribution is 5.29. The van der Waals surface area contributed by atoms with Gasteiger partial charge in [-0.05, 0) is 85.3 Å². The average molecular weight is 439 g/mol. The number of unbranched alkanes of at least 4 members (excludes halogenated alkanes) is 3. The van der Waals surface area contributed by atoms with E-state index in [0.29, 0.717) is 0 Å². The smallest absolute Gasteiger partial charge is 0.118 e. The third kappa shape index (κ3) is 6.77. The Bertz CT molecular complexity index is 641. The number of rotatable bonds is 10. The maximum atomic E-state index is 5.35. The molecule has 1 aromatic carbocycles. The van der Waals surface area contributed by atoms with Crippen LogP contribution >= 0.6 is 0 Å². The standard InChI is InChI=1S/C31H50O/c1-3-4-5-6-7-24-8-10-25(11-9-24)12-13-26-14-15-30-23-29(17-16-28(30)22-26)27-18-20-31(32-2)21-19-27/h18-21,24-26,28-30H,3-17,22-23H2,1-2H3. The summed E-state index contributed by atoms with van der Waals surface area (Å²) < 4.78 is 5.35. The van der Waals surface area contributed by atoms with E-state index in [-0.39, 0.29) is 0 Å². The fourth-order valence-electron chi connectivity index (χ4n) is 7.57. The van der Waals surface area contributed by atoms with E-state index >= 15 is 0 Å². The van der Waals surface area contributed by atoms with Crippen LogP contribution in [0.1, 0.15) is 128 Å². The van der Waals surface area contributed by atoms with Gasteiger partial charge in [0.15, 0.2) is 0 Å². The molecule has 3 aliphatic rings. The first kappa shape index (κ1) is 24.2. The van der Waals surface area contributed by atoms with Crippen molar-refractivity contribution in [1.82, 2.24) is 0 Å². The molecule has 180 valence electrons. The molecule has 0 bridgehead atoms. The van der Waals surface area contributed by atoms with Gasteiger partial charge in [0, 0.05) is 0 Å². The second kappa shape index (κ2) is 12.5. The highest BCUT2D eigenvalue weighted by atomic mass is 16.5. The number of methoxy groups -OCH3 is 1. The molecule has 1 nitrogen and oxygen atoms in total. The molecular weight excluding hydrogens is 388 g/mol. The first-order valence-corrected chi connectivity index (χ1v) is 14.4. The molecular formula is C31H50O. The van der Waals surface area contributed by atoms with Crippen molar-refractivity contribution in [2.24, 2.45) is 29.6 Å². The molecule has 0 N–H and O–H groups in total. The second-order valence-electron chi connectivity index (χ2n) is 11.8. The Balaban J connectivity index is 1.13. The van der Waals surface area contributed by atoms with Gasteiger partial charge in [0.25, 0.3) is 0 Å². The van der Waals surface area contributed by atoms with Crippen LogP contribution in [-0.4, -0.2) is 7.11 Å². The average Bonchev–Trinajstić information content (AvgIpc) is 2.86. The van der Waals surface area contributed by atoms with E-state index in [1.165, 1.54) is 70.6 Å². The van der Waals surface area contributed by atoms with Crippen molar-refractivity contribution < 1.29 is 4.74 Å². The quantitative estimate of drug-likeness (QED) is 0.330. The molecule has 0 aliphatic heterocycles. The van der Waals surface area contributed by atoms with E-state index in [9.17, 15) is 0 Å². The molecule has 3 saturated carbocycles. The summed E-state index contributed by atoms with van der Waals surface area (Å²) in [5.74, 6) is 6.97. The monoisotopic (exact) mass is 438 g/mol. The summed E-state index contributed by atoms with van der Waals surface area (Å²) in [5.41, 5.74) is 1.55. The maximum absolute atomic E-state index is 5.35. The zero-order valence-corrected chi connectivity index (χ0v) is 21.2. The van der Waals surface area contributed by atoms with Crippen LogP contribution in [0.25, 0.3) is 0 Å². The van der Waals surface area contributed by atoms with Gasteiger partial charge < -0.3 is 4.74 Å². The van der Waals surface area contributed by atoms with Crippen molar-refractivity contribution in [3.05, 3.63) is 29.8 Å². The zero-order chi connectivity index (χ0) is 22.2. The van der Waals surface area contributed by atoms with Crippen LogP contribution in [0.15, 0.2) is 24.3 Å². The van der Waals surface area contributed by atoms with Gasteiger partial charge >= 0.3 is 0 Å². The van der Waals surface area contributed by atoms with Crippen LogP contribution in [0.2, 0.25) is 0 Å². The Morgan fingerprint density at radius 1 is 0.656 bits per heavy atom. The van der Waals surface area contributed by atoms with Crippen molar-refractivity contribution in [2.45, 2.75) is 122 Å². The third-order valence-electron chi connectivity index (χ3n) is 9.72. The maximum Gasteiger partial charge on any atom is 0.118 e. The molecule has 0 heterocycles. The van der Waals surface area contributed by atoms with Gasteiger partial charge in [-0.1, -0.05) is 96.1 Å². The fraction of sp³-hybridized carbons (Fsp3) is 0.806. The summed E-state index contributed by atoms with van der Waals surface area (Å²) in [6.07, 6.45) is 25.4. The SMILES string of the molecule is CCCCCCC1CCC(CCC2CCC3CC(c4ccc(OC)cc4)CCC3C2)CC1. The number of hydrogen-bond donors (Lipinski definition) is 0. The second-order valence-corrected chi connectivity index (χ2v) is 11.8. The molecule has 4 rings (SSSR count). The summed E-state index contributed by atoms with van der Waals surface area (Å²) in [5, 5.41) is 0. The van der Waals surface area contributed by atoms with Gasteiger partial charge in [0.2, 0.25) is 0 Å². The minimum absolute atomic E-state index is 0.788. The third-order valence-corrected chi connectivity index (χ3v) is 9.72. The van der Waals surface area contributed by atoms with Crippen LogP contribution < -0.4 is 4.74 Å². The normalized spacial score (nSPS) is 32.9. The van der Waals surface area contributed by atoms with Crippen molar-refractivity contribution in [2.75, 3.05) is 7.11 Å². The molecule has 4 unspecified atom stereocenters. The number of ether oxygens (including phenoxy) is 1. The van der Waals surface area contributed by atoms with Crippen LogP contribution in [0.3, 0.4) is 0 Å². The summed E-state index contributed by atoms with van der Waals surface area (Å²) in [7, 11) is 1.76. The first-order chi connectivity index (χ1) is 15.7. The van der Waals surface area contributed by atoms with E-state index in [1.807, 2.05) is 0 Å². The fourth-order valence-corrected chi connectivity index (χ4v) is 7.57. The van der Waals surface area contributed by atoms with Gasteiger partial charge in [-0.15, -0.1) is 0 Å². The van der Waals surface area contributed by atoms with E-state index in [0.717, 1.165) is 41.3 Å². The summed E-state index contributed by atoms with van der Waals surface area (Å²) in [6.45, 7) is 2.32. The summed E-state index contributed by atoms with van der Waals surface area (Å²) >= 11 is 0. The lowest BCUT2D eigenvalue weighted by Crippen LogP contribution is -2.30. The molecule has 4 atom stereocenters. The molecule has 0 spiro atoms. The van der Waals surface area contributed by atoms with E-state index < -0.39 is 0 Å². The molecule has 1 aromatic rings. The van der Waals surface area contributed by atoms with Crippen molar-refractivity contribution in [3.63, 3.8) is 0 Å². The lowest BCUT2D eigenvalue weighted by molar-refractivity contribution is 0.108. The summed E-state index contributed by atoms with van der Waals surface area (Å²) in [6, 6.07) is 8.93. The number of hydrogen-bond acceptors (Lipinski definition) is 1. The van der Waals surface area contributed by atoms with Crippen LogP contribution in [0, 0.1) is 29.6 Å². The Kier molecular flexibility index (Phi) is 9.42. The van der Waals surface area contributed by atoms with Gasteiger partial charge in [-0.25, -0.2) is 0 Å².